The summed E-state index contributed by atoms with van der Waals surface area (Å²) in [5.41, 5.74) is 8.28. The first-order valence-corrected chi connectivity index (χ1v) is 6.31. The molecule has 0 aliphatic carbocycles. The maximum Gasteiger partial charge on any atom is 0.441 e. The molecule has 0 radical (unpaired) electrons. The lowest BCUT2D eigenvalue weighted by atomic mass is 9.86. The third-order valence-electron chi connectivity index (χ3n) is 2.66. The lowest BCUT2D eigenvalue weighted by Gasteiger charge is -2.14. The second kappa shape index (κ2) is 7.18. The SMILES string of the molecule is COC(=O)C(=[N+]=[N-])C(=O)CC(C)(C)C#Cc1ccccc1. The number of nitrogens with zero attached hydrogens (tertiary/aromatic N) is 2. The Hall–Kier alpha value is -2.70. The molecule has 0 amide bonds. The highest BCUT2D eigenvalue weighted by Crippen LogP contribution is 2.20. The van der Waals surface area contributed by atoms with Crippen molar-refractivity contribution in [2.24, 2.45) is 5.41 Å². The molecule has 0 saturated heterocycles. The second-order valence-corrected chi connectivity index (χ2v) is 5.04. The van der Waals surface area contributed by atoms with E-state index in [-0.39, 0.29) is 6.42 Å². The monoisotopic (exact) mass is 284 g/mol. The summed E-state index contributed by atoms with van der Waals surface area (Å²) in [6, 6.07) is 9.35. The number of esters is 1. The van der Waals surface area contributed by atoms with Crippen LogP contribution >= 0.6 is 0 Å². The van der Waals surface area contributed by atoms with Crippen LogP contribution < -0.4 is 0 Å². The first-order valence-electron chi connectivity index (χ1n) is 6.31. The largest absolute Gasteiger partial charge is 0.460 e. The molecule has 108 valence electrons. The third-order valence-corrected chi connectivity index (χ3v) is 2.66. The molecule has 0 atom stereocenters. The minimum absolute atomic E-state index is 0.0542. The number of hydrogen-bond donors (Lipinski definition) is 0. The van der Waals surface area contributed by atoms with E-state index in [1.165, 1.54) is 0 Å². The van der Waals surface area contributed by atoms with Crippen molar-refractivity contribution in [1.29, 1.82) is 0 Å². The fourth-order valence-corrected chi connectivity index (χ4v) is 1.60. The van der Waals surface area contributed by atoms with Gasteiger partial charge in [-0.2, -0.15) is 4.79 Å². The van der Waals surface area contributed by atoms with Crippen molar-refractivity contribution < 1.29 is 19.1 Å². The van der Waals surface area contributed by atoms with Gasteiger partial charge < -0.3 is 10.3 Å². The van der Waals surface area contributed by atoms with E-state index in [0.717, 1.165) is 12.7 Å². The summed E-state index contributed by atoms with van der Waals surface area (Å²) < 4.78 is 4.38. The van der Waals surface area contributed by atoms with E-state index in [4.69, 9.17) is 5.53 Å². The zero-order valence-electron chi connectivity index (χ0n) is 12.2. The van der Waals surface area contributed by atoms with Gasteiger partial charge in [0, 0.05) is 17.4 Å². The van der Waals surface area contributed by atoms with Crippen molar-refractivity contribution >= 4 is 17.5 Å². The number of carbonyl (C=O) groups is 2. The summed E-state index contributed by atoms with van der Waals surface area (Å²) >= 11 is 0. The van der Waals surface area contributed by atoms with Crippen LogP contribution in [0.3, 0.4) is 0 Å². The predicted molar refractivity (Wildman–Crippen MR) is 77.4 cm³/mol. The zero-order chi connectivity index (χ0) is 15.9. The first-order chi connectivity index (χ1) is 9.89. The molecule has 0 aliphatic rings. The van der Waals surface area contributed by atoms with Gasteiger partial charge in [-0.3, -0.25) is 4.79 Å². The van der Waals surface area contributed by atoms with Gasteiger partial charge in [0.15, 0.2) is 0 Å². The molecule has 1 aromatic carbocycles. The number of ketones is 1. The van der Waals surface area contributed by atoms with Crippen molar-refractivity contribution in [2.45, 2.75) is 20.3 Å². The van der Waals surface area contributed by atoms with Crippen molar-refractivity contribution in [3.63, 3.8) is 0 Å². The molecule has 5 nitrogen and oxygen atoms in total. The lowest BCUT2D eigenvalue weighted by Crippen LogP contribution is -2.30. The fraction of sp³-hybridized carbons (Fsp3) is 0.312. The van der Waals surface area contributed by atoms with Crippen LogP contribution in [-0.2, 0) is 14.3 Å². The zero-order valence-corrected chi connectivity index (χ0v) is 12.2. The normalized spacial score (nSPS) is 9.86. The van der Waals surface area contributed by atoms with E-state index in [1.54, 1.807) is 13.8 Å². The van der Waals surface area contributed by atoms with Crippen LogP contribution in [0, 0.1) is 17.3 Å². The molecular weight excluding hydrogens is 268 g/mol. The lowest BCUT2D eigenvalue weighted by molar-refractivity contribution is -0.139. The van der Waals surface area contributed by atoms with Crippen LogP contribution in [0.5, 0.6) is 0 Å². The molecule has 21 heavy (non-hydrogen) atoms. The number of hydrogen-bond acceptors (Lipinski definition) is 3. The van der Waals surface area contributed by atoms with Gasteiger partial charge in [-0.05, 0) is 26.0 Å². The van der Waals surface area contributed by atoms with Crippen molar-refractivity contribution in [1.82, 2.24) is 0 Å². The van der Waals surface area contributed by atoms with Gasteiger partial charge in [0.25, 0.3) is 5.78 Å². The molecule has 0 bridgehead atoms. The Morgan fingerprint density at radius 1 is 1.29 bits per heavy atom. The number of rotatable bonds is 4. The average Bonchev–Trinajstić information content (AvgIpc) is 2.46. The summed E-state index contributed by atoms with van der Waals surface area (Å²) in [7, 11) is 1.11. The van der Waals surface area contributed by atoms with E-state index >= 15 is 0 Å². The van der Waals surface area contributed by atoms with Crippen LogP contribution in [0.25, 0.3) is 5.53 Å². The third kappa shape index (κ3) is 5.06. The highest BCUT2D eigenvalue weighted by molar-refractivity contribution is 6.62. The molecule has 0 saturated carbocycles. The second-order valence-electron chi connectivity index (χ2n) is 5.04. The topological polar surface area (TPSA) is 79.8 Å². The molecule has 0 spiro atoms. The summed E-state index contributed by atoms with van der Waals surface area (Å²) in [6.07, 6.45) is -0.0542. The average molecular weight is 284 g/mol. The molecule has 0 heterocycles. The van der Waals surface area contributed by atoms with Crippen LogP contribution in [0.1, 0.15) is 25.8 Å². The maximum atomic E-state index is 11.9. The molecular formula is C16H16N2O3. The summed E-state index contributed by atoms with van der Waals surface area (Å²) in [5.74, 6) is 4.37. The molecule has 0 aliphatic heterocycles. The molecule has 0 unspecified atom stereocenters. The summed E-state index contributed by atoms with van der Waals surface area (Å²) in [5, 5.41) is 0. The van der Waals surface area contributed by atoms with Gasteiger partial charge >= 0.3 is 11.7 Å². The Morgan fingerprint density at radius 3 is 2.43 bits per heavy atom. The van der Waals surface area contributed by atoms with E-state index in [2.05, 4.69) is 21.4 Å². The van der Waals surface area contributed by atoms with Gasteiger partial charge in [0.2, 0.25) is 0 Å². The molecule has 0 N–H and O–H groups in total. The quantitative estimate of drug-likeness (QED) is 0.211. The Labute approximate surface area is 123 Å². The van der Waals surface area contributed by atoms with E-state index in [9.17, 15) is 9.59 Å². The maximum absolute atomic E-state index is 11.9. The summed E-state index contributed by atoms with van der Waals surface area (Å²) in [4.78, 5) is 25.9. The fourth-order valence-electron chi connectivity index (χ4n) is 1.60. The number of benzene rings is 1. The molecule has 0 fully saturated rings. The van der Waals surface area contributed by atoms with Gasteiger partial charge in [-0.25, -0.2) is 4.79 Å². The van der Waals surface area contributed by atoms with Crippen molar-refractivity contribution in [3.8, 4) is 11.8 Å². The highest BCUT2D eigenvalue weighted by Gasteiger charge is 2.34. The van der Waals surface area contributed by atoms with Crippen molar-refractivity contribution in [3.05, 3.63) is 41.4 Å². The number of carbonyl (C=O) groups excluding carboxylic acids is 2. The van der Waals surface area contributed by atoms with Gasteiger partial charge in [-0.15, -0.1) is 0 Å². The van der Waals surface area contributed by atoms with Crippen LogP contribution in [0.15, 0.2) is 30.3 Å². The minimum Gasteiger partial charge on any atom is -0.460 e. The van der Waals surface area contributed by atoms with Crippen molar-refractivity contribution in [2.75, 3.05) is 7.11 Å². The van der Waals surface area contributed by atoms with Gasteiger partial charge in [0.05, 0.1) is 7.11 Å². The number of methoxy groups -OCH3 is 1. The Morgan fingerprint density at radius 2 is 1.90 bits per heavy atom. The van der Waals surface area contributed by atoms with Crippen LogP contribution in [0.4, 0.5) is 0 Å². The minimum atomic E-state index is -0.964. The molecule has 1 rings (SSSR count). The highest BCUT2D eigenvalue weighted by atomic mass is 16.5. The number of Topliss-reactive ketones (excluding diaryl/α,β-unsaturated/α-hetero) is 1. The van der Waals surface area contributed by atoms with Gasteiger partial charge in [0.1, 0.15) is 0 Å². The smallest absolute Gasteiger partial charge is 0.441 e. The molecule has 1 aromatic rings. The predicted octanol–water partition coefficient (Wildman–Crippen LogP) is 1.87. The standard InChI is InChI=1S/C16H16N2O3/c1-16(2,10-9-12-7-5-4-6-8-12)11-13(19)14(18-17)15(20)21-3/h4-8H,11H2,1-3H3. The van der Waals surface area contributed by atoms with Crippen LogP contribution in [0.2, 0.25) is 0 Å². The van der Waals surface area contributed by atoms with E-state index < -0.39 is 22.9 Å². The first kappa shape index (κ1) is 16.4. The summed E-state index contributed by atoms with van der Waals surface area (Å²) in [6.45, 7) is 3.54. The number of ether oxygens (including phenoxy) is 1. The van der Waals surface area contributed by atoms with E-state index in [0.29, 0.717) is 0 Å². The Balaban J connectivity index is 2.86. The van der Waals surface area contributed by atoms with Gasteiger partial charge in [-0.1, -0.05) is 30.0 Å². The molecule has 5 heteroatoms. The Bertz CT molecular complexity index is 645. The molecule has 0 aromatic heterocycles. The van der Waals surface area contributed by atoms with Crippen LogP contribution in [-0.4, -0.2) is 29.4 Å². The van der Waals surface area contributed by atoms with E-state index in [1.807, 2.05) is 30.3 Å². The Kier molecular flexibility index (Phi) is 5.59.